The summed E-state index contributed by atoms with van der Waals surface area (Å²) in [6.07, 6.45) is 5.78. The van der Waals surface area contributed by atoms with Gasteiger partial charge in [0.05, 0.1) is 25.1 Å². The number of Topliss-reactive ketones (excluding diaryl/α,β-unsaturated/α-hetero) is 1. The number of ether oxygens (including phenoxy) is 1. The van der Waals surface area contributed by atoms with Crippen molar-refractivity contribution in [1.29, 1.82) is 0 Å². The van der Waals surface area contributed by atoms with Crippen molar-refractivity contribution in [2.75, 3.05) is 6.61 Å². The van der Waals surface area contributed by atoms with Gasteiger partial charge in [-0.2, -0.15) is 13.2 Å². The molecule has 41 heavy (non-hydrogen) atoms. The first-order valence-corrected chi connectivity index (χ1v) is 13.5. The Hall–Kier alpha value is -4.05. The highest BCUT2D eigenvalue weighted by molar-refractivity contribution is 5.86. The molecule has 0 radical (unpaired) electrons. The molecule has 1 atom stereocenters. The number of fused-ring (bicyclic) bond motifs is 1. The van der Waals surface area contributed by atoms with Gasteiger partial charge in [-0.15, -0.1) is 0 Å². The van der Waals surface area contributed by atoms with Crippen molar-refractivity contribution in [2.24, 2.45) is 0 Å². The molecular weight excluding hydrogens is 535 g/mol. The summed E-state index contributed by atoms with van der Waals surface area (Å²) in [6, 6.07) is 18.8. The number of benzene rings is 2. The second kappa shape index (κ2) is 15.7. The molecule has 0 aliphatic heterocycles. The van der Waals surface area contributed by atoms with Crippen LogP contribution < -0.4 is 0 Å². The summed E-state index contributed by atoms with van der Waals surface area (Å²) in [5.74, 6) is -1.28. The Morgan fingerprint density at radius 2 is 1.76 bits per heavy atom. The molecule has 0 saturated heterocycles. The van der Waals surface area contributed by atoms with E-state index in [9.17, 15) is 18.0 Å². The van der Waals surface area contributed by atoms with Crippen LogP contribution in [0.3, 0.4) is 0 Å². The van der Waals surface area contributed by atoms with Gasteiger partial charge >= 0.3 is 12.1 Å². The molecule has 0 amide bonds. The number of alkyl halides is 3. The zero-order valence-electron chi connectivity index (χ0n) is 22.9. The number of nitrogens with zero attached hydrogens (tertiary/aromatic N) is 2. The van der Waals surface area contributed by atoms with Crippen LogP contribution in [0.5, 0.6) is 0 Å². The molecule has 10 heteroatoms. The molecule has 0 aliphatic carbocycles. The van der Waals surface area contributed by atoms with Crippen molar-refractivity contribution in [2.45, 2.75) is 64.1 Å². The molecule has 2 N–H and O–H groups in total. The van der Waals surface area contributed by atoms with E-state index in [4.69, 9.17) is 19.6 Å². The highest BCUT2D eigenvalue weighted by atomic mass is 19.4. The highest BCUT2D eigenvalue weighted by Gasteiger charge is 2.38. The second-order valence-corrected chi connectivity index (χ2v) is 9.61. The van der Waals surface area contributed by atoms with E-state index in [0.29, 0.717) is 31.8 Å². The average molecular weight is 570 g/mol. The third-order valence-electron chi connectivity index (χ3n) is 6.50. The first kappa shape index (κ1) is 31.5. The summed E-state index contributed by atoms with van der Waals surface area (Å²) in [6.45, 7) is 3.06. The maximum absolute atomic E-state index is 11.6. The molecule has 2 aromatic carbocycles. The molecule has 4 rings (SSSR count). The number of carbonyl (C=O) groups is 2. The number of hydrogen-bond acceptors (Lipinski definition) is 5. The van der Waals surface area contributed by atoms with Crippen LogP contribution in [0.4, 0.5) is 13.2 Å². The van der Waals surface area contributed by atoms with E-state index in [0.717, 1.165) is 48.3 Å². The molecule has 0 saturated carbocycles. The SMILES string of the molecule is CCC(=O)CCCCC[C@@H](COCc1cccnc1)c1ncc(-c2ccc3ccccc3c2)[nH]1.O=C(O)C(F)(F)F. The number of ketones is 1. The van der Waals surface area contributed by atoms with E-state index in [1.807, 2.05) is 31.5 Å². The number of rotatable bonds is 13. The number of aromatic amines is 1. The summed E-state index contributed by atoms with van der Waals surface area (Å²) in [5.41, 5.74) is 3.22. The molecule has 0 unspecified atom stereocenters. The Kier molecular flexibility index (Phi) is 12.0. The van der Waals surface area contributed by atoms with Crippen molar-refractivity contribution < 1.29 is 32.6 Å². The first-order valence-electron chi connectivity index (χ1n) is 13.5. The average Bonchev–Trinajstić information content (AvgIpc) is 3.46. The van der Waals surface area contributed by atoms with Crippen LogP contribution in [0.2, 0.25) is 0 Å². The molecule has 0 bridgehead atoms. The number of carbonyl (C=O) groups excluding carboxylic acids is 1. The van der Waals surface area contributed by atoms with E-state index in [1.165, 1.54) is 10.8 Å². The van der Waals surface area contributed by atoms with Gasteiger partial charge in [0.15, 0.2) is 0 Å². The number of H-pyrrole nitrogens is 1. The zero-order chi connectivity index (χ0) is 29.7. The fraction of sp³-hybridized carbons (Fsp3) is 0.355. The zero-order valence-corrected chi connectivity index (χ0v) is 22.9. The number of carboxylic acid groups (broad SMARTS) is 1. The number of aromatic nitrogens is 3. The maximum atomic E-state index is 11.6. The van der Waals surface area contributed by atoms with Crippen molar-refractivity contribution in [1.82, 2.24) is 15.0 Å². The molecule has 0 spiro atoms. The Bertz CT molecular complexity index is 1390. The smallest absolute Gasteiger partial charge is 0.475 e. The number of halogens is 3. The Morgan fingerprint density at radius 3 is 2.44 bits per heavy atom. The lowest BCUT2D eigenvalue weighted by molar-refractivity contribution is -0.192. The molecule has 218 valence electrons. The minimum absolute atomic E-state index is 0.174. The third-order valence-corrected chi connectivity index (χ3v) is 6.50. The summed E-state index contributed by atoms with van der Waals surface area (Å²) in [7, 11) is 0. The fourth-order valence-corrected chi connectivity index (χ4v) is 4.22. The van der Waals surface area contributed by atoms with Crippen LogP contribution in [0, 0.1) is 0 Å². The Morgan fingerprint density at radius 1 is 1.00 bits per heavy atom. The number of imidazole rings is 1. The Balaban J connectivity index is 0.000000587. The molecule has 0 aliphatic rings. The number of pyridine rings is 1. The van der Waals surface area contributed by atoms with Crippen molar-refractivity contribution >= 4 is 22.5 Å². The van der Waals surface area contributed by atoms with Crippen molar-refractivity contribution in [3.05, 3.63) is 84.6 Å². The minimum Gasteiger partial charge on any atom is -0.475 e. The number of nitrogens with one attached hydrogen (secondary N) is 1. The molecule has 0 fully saturated rings. The monoisotopic (exact) mass is 569 g/mol. The van der Waals surface area contributed by atoms with Crippen LogP contribution in [0.1, 0.15) is 62.8 Å². The summed E-state index contributed by atoms with van der Waals surface area (Å²) >= 11 is 0. The van der Waals surface area contributed by atoms with Crippen LogP contribution >= 0.6 is 0 Å². The van der Waals surface area contributed by atoms with Crippen LogP contribution in [0.15, 0.2) is 73.2 Å². The highest BCUT2D eigenvalue weighted by Crippen LogP contribution is 2.27. The van der Waals surface area contributed by atoms with E-state index in [-0.39, 0.29) is 5.92 Å². The minimum atomic E-state index is -5.08. The lowest BCUT2D eigenvalue weighted by Crippen LogP contribution is -2.21. The molecule has 4 aromatic rings. The van der Waals surface area contributed by atoms with Crippen LogP contribution in [-0.4, -0.2) is 44.6 Å². The van der Waals surface area contributed by atoms with E-state index in [1.54, 1.807) is 6.20 Å². The van der Waals surface area contributed by atoms with Gasteiger partial charge in [-0.3, -0.25) is 9.78 Å². The van der Waals surface area contributed by atoms with Gasteiger partial charge in [0.2, 0.25) is 0 Å². The maximum Gasteiger partial charge on any atom is 0.490 e. The van der Waals surface area contributed by atoms with Gasteiger partial charge in [-0.25, -0.2) is 9.78 Å². The largest absolute Gasteiger partial charge is 0.490 e. The molecule has 7 nitrogen and oxygen atoms in total. The first-order chi connectivity index (χ1) is 19.7. The number of hydrogen-bond donors (Lipinski definition) is 2. The normalized spacial score (nSPS) is 12.0. The van der Waals surface area contributed by atoms with Crippen molar-refractivity contribution in [3.63, 3.8) is 0 Å². The van der Waals surface area contributed by atoms with Crippen LogP contribution in [0.25, 0.3) is 22.0 Å². The summed E-state index contributed by atoms with van der Waals surface area (Å²) in [4.78, 5) is 32.9. The number of carboxylic acids is 1. The Labute approximate surface area is 236 Å². The van der Waals surface area contributed by atoms with Gasteiger partial charge in [-0.1, -0.05) is 62.2 Å². The quantitative estimate of drug-likeness (QED) is 0.162. The van der Waals surface area contributed by atoms with Gasteiger partial charge in [-0.05, 0) is 41.3 Å². The van der Waals surface area contributed by atoms with E-state index < -0.39 is 12.1 Å². The van der Waals surface area contributed by atoms with Gasteiger partial charge in [0.1, 0.15) is 11.6 Å². The predicted octanol–water partition coefficient (Wildman–Crippen LogP) is 7.49. The second-order valence-electron chi connectivity index (χ2n) is 9.61. The summed E-state index contributed by atoms with van der Waals surface area (Å²) in [5, 5.41) is 9.57. The fourth-order valence-electron chi connectivity index (χ4n) is 4.22. The topological polar surface area (TPSA) is 105 Å². The number of unbranched alkanes of at least 4 members (excludes halogenated alkanes) is 2. The number of aliphatic carboxylic acids is 1. The van der Waals surface area contributed by atoms with E-state index in [2.05, 4.69) is 52.4 Å². The van der Waals surface area contributed by atoms with Gasteiger partial charge in [0, 0.05) is 36.7 Å². The van der Waals surface area contributed by atoms with Gasteiger partial charge < -0.3 is 14.8 Å². The summed E-state index contributed by atoms with van der Waals surface area (Å²) < 4.78 is 37.8. The van der Waals surface area contributed by atoms with E-state index >= 15 is 0 Å². The van der Waals surface area contributed by atoms with Crippen LogP contribution in [-0.2, 0) is 20.9 Å². The molecular formula is C31H34F3N3O4. The lowest BCUT2D eigenvalue weighted by atomic mass is 10.00. The standard InChI is InChI=1S/C29H33N3O2.C2HF3O2/c1-2-27(33)13-5-3-4-12-26(21-34-20-22-9-8-16-30-18-22)29-31-19-28(32-29)25-15-14-23-10-6-7-11-24(23)17-25;3-2(4,5)1(6)7/h6-11,14-19,26H,2-5,12-13,20-21H2,1H3,(H,31,32);(H,6,7)/t26-;/m0./s1. The van der Waals surface area contributed by atoms with Crippen molar-refractivity contribution in [3.8, 4) is 11.3 Å². The lowest BCUT2D eigenvalue weighted by Gasteiger charge is -2.15. The third kappa shape index (κ3) is 10.5. The molecule has 2 heterocycles. The predicted molar refractivity (Wildman–Crippen MR) is 150 cm³/mol. The van der Waals surface area contributed by atoms with Gasteiger partial charge in [0.25, 0.3) is 0 Å². The molecule has 2 aromatic heterocycles.